The van der Waals surface area contributed by atoms with Crippen LogP contribution in [0.2, 0.25) is 0 Å². The Morgan fingerprint density at radius 3 is 2.70 bits per heavy atom. The van der Waals surface area contributed by atoms with E-state index >= 15 is 0 Å². The van der Waals surface area contributed by atoms with Gasteiger partial charge in [0.05, 0.1) is 24.8 Å². The Hall–Kier alpha value is -3.30. The van der Waals surface area contributed by atoms with Gasteiger partial charge in [-0.25, -0.2) is 0 Å². The van der Waals surface area contributed by atoms with Gasteiger partial charge in [0.25, 0.3) is 5.91 Å². The first-order valence-corrected chi connectivity index (χ1v) is 11.1. The van der Waals surface area contributed by atoms with Crippen molar-refractivity contribution in [1.29, 1.82) is 0 Å². The van der Waals surface area contributed by atoms with Gasteiger partial charge in [0.15, 0.2) is 23.0 Å². The maximum atomic E-state index is 13.5. The fourth-order valence-electron chi connectivity index (χ4n) is 3.88. The molecular weight excluding hydrogens is 494 g/mol. The molecule has 8 nitrogen and oxygen atoms in total. The van der Waals surface area contributed by atoms with Crippen LogP contribution in [-0.4, -0.2) is 53.7 Å². The minimum Gasteiger partial charge on any atom is -0.504 e. The molecule has 1 amide bonds. The fourth-order valence-corrected chi connectivity index (χ4v) is 4.26. The summed E-state index contributed by atoms with van der Waals surface area (Å²) in [4.78, 5) is 27.8. The SMILES string of the molecule is CCOc1cc(C2C(C(=O)c3cc4cc(Br)ccc4o3)=C(O)C(=O)N2CCOC)ccc1O. The Labute approximate surface area is 198 Å². The van der Waals surface area contributed by atoms with E-state index in [1.807, 2.05) is 0 Å². The van der Waals surface area contributed by atoms with E-state index in [2.05, 4.69) is 15.9 Å². The zero-order valence-electron chi connectivity index (χ0n) is 18.0. The molecule has 1 aliphatic heterocycles. The van der Waals surface area contributed by atoms with Crippen LogP contribution < -0.4 is 4.74 Å². The van der Waals surface area contributed by atoms with Gasteiger partial charge in [-0.1, -0.05) is 22.0 Å². The number of aliphatic hydroxyl groups is 1. The number of rotatable bonds is 8. The zero-order valence-corrected chi connectivity index (χ0v) is 19.6. The molecule has 0 radical (unpaired) electrons. The summed E-state index contributed by atoms with van der Waals surface area (Å²) in [6.07, 6.45) is 0. The van der Waals surface area contributed by atoms with E-state index in [1.165, 1.54) is 18.1 Å². The van der Waals surface area contributed by atoms with E-state index in [-0.39, 0.29) is 36.0 Å². The number of Topliss-reactive ketones (excluding diaryl/α,β-unsaturated/α-hetero) is 1. The van der Waals surface area contributed by atoms with E-state index in [1.54, 1.807) is 43.3 Å². The summed E-state index contributed by atoms with van der Waals surface area (Å²) in [6.45, 7) is 2.43. The Morgan fingerprint density at radius 2 is 1.97 bits per heavy atom. The molecule has 1 aliphatic rings. The summed E-state index contributed by atoms with van der Waals surface area (Å²) < 4.78 is 17.1. The number of hydrogen-bond acceptors (Lipinski definition) is 7. The van der Waals surface area contributed by atoms with Crippen LogP contribution in [0.15, 0.2) is 62.7 Å². The number of hydrogen-bond donors (Lipinski definition) is 2. The molecule has 2 N–H and O–H groups in total. The summed E-state index contributed by atoms with van der Waals surface area (Å²) in [5.41, 5.74) is 0.885. The van der Waals surface area contributed by atoms with Gasteiger partial charge in [-0.2, -0.15) is 0 Å². The van der Waals surface area contributed by atoms with Crippen LogP contribution in [0.3, 0.4) is 0 Å². The molecule has 172 valence electrons. The number of fused-ring (bicyclic) bond motifs is 1. The second kappa shape index (κ2) is 9.29. The third-order valence-electron chi connectivity index (χ3n) is 5.39. The second-order valence-corrected chi connectivity index (χ2v) is 8.35. The maximum Gasteiger partial charge on any atom is 0.290 e. The van der Waals surface area contributed by atoms with Crippen molar-refractivity contribution in [3.8, 4) is 11.5 Å². The molecule has 0 saturated heterocycles. The van der Waals surface area contributed by atoms with E-state index < -0.39 is 23.5 Å². The highest BCUT2D eigenvalue weighted by Crippen LogP contribution is 2.42. The monoisotopic (exact) mass is 515 g/mol. The molecule has 1 atom stereocenters. The smallest absolute Gasteiger partial charge is 0.290 e. The first kappa shape index (κ1) is 22.9. The fraction of sp³-hybridized carbons (Fsp3) is 0.250. The number of methoxy groups -OCH3 is 1. The predicted octanol–water partition coefficient (Wildman–Crippen LogP) is 4.52. The Balaban J connectivity index is 1.81. The lowest BCUT2D eigenvalue weighted by Gasteiger charge is -2.26. The Bertz CT molecular complexity index is 1260. The van der Waals surface area contributed by atoms with Crippen molar-refractivity contribution in [2.24, 2.45) is 0 Å². The molecule has 0 bridgehead atoms. The highest BCUT2D eigenvalue weighted by molar-refractivity contribution is 9.10. The van der Waals surface area contributed by atoms with Crippen molar-refractivity contribution >= 4 is 38.6 Å². The average molecular weight is 516 g/mol. The van der Waals surface area contributed by atoms with E-state index in [0.717, 1.165) is 4.47 Å². The molecule has 1 unspecified atom stereocenters. The molecule has 9 heteroatoms. The van der Waals surface area contributed by atoms with Gasteiger partial charge < -0.3 is 29.0 Å². The molecule has 0 aliphatic carbocycles. The quantitative estimate of drug-likeness (QED) is 0.424. The number of aromatic hydroxyl groups is 1. The predicted molar refractivity (Wildman–Crippen MR) is 124 cm³/mol. The highest BCUT2D eigenvalue weighted by atomic mass is 79.9. The number of halogens is 1. The van der Waals surface area contributed by atoms with Gasteiger partial charge in [0, 0.05) is 23.5 Å². The van der Waals surface area contributed by atoms with Gasteiger partial charge in [-0.15, -0.1) is 0 Å². The number of nitrogens with zero attached hydrogens (tertiary/aromatic N) is 1. The van der Waals surface area contributed by atoms with Crippen LogP contribution in [0.25, 0.3) is 11.0 Å². The van der Waals surface area contributed by atoms with E-state index in [0.29, 0.717) is 23.1 Å². The Morgan fingerprint density at radius 1 is 1.18 bits per heavy atom. The average Bonchev–Trinajstić information content (AvgIpc) is 3.32. The standard InChI is InChI=1S/C24H22BrNO7/c1-3-32-18-11-13(4-6-16(18)27)21-20(23(29)24(30)26(21)8-9-31-2)22(28)19-12-14-10-15(25)5-7-17(14)33-19/h4-7,10-12,21,27,29H,3,8-9H2,1-2H3. The number of phenolic OH excluding ortho intramolecular Hbond substituents is 1. The van der Waals surface area contributed by atoms with Crippen molar-refractivity contribution in [3.63, 3.8) is 0 Å². The minimum absolute atomic E-state index is 0.000137. The second-order valence-electron chi connectivity index (χ2n) is 7.44. The third kappa shape index (κ3) is 4.21. The zero-order chi connectivity index (χ0) is 23.7. The number of ether oxygens (including phenoxy) is 2. The number of aliphatic hydroxyl groups excluding tert-OH is 1. The topological polar surface area (TPSA) is 109 Å². The molecule has 2 heterocycles. The number of carbonyl (C=O) groups is 2. The molecule has 4 rings (SSSR count). The number of amides is 1. The largest absolute Gasteiger partial charge is 0.504 e. The van der Waals surface area contributed by atoms with Crippen molar-refractivity contribution in [2.45, 2.75) is 13.0 Å². The third-order valence-corrected chi connectivity index (χ3v) is 5.88. The van der Waals surface area contributed by atoms with E-state index in [4.69, 9.17) is 13.9 Å². The molecule has 0 saturated carbocycles. The first-order chi connectivity index (χ1) is 15.8. The number of furan rings is 1. The first-order valence-electron chi connectivity index (χ1n) is 10.3. The van der Waals surface area contributed by atoms with Crippen molar-refractivity contribution in [2.75, 3.05) is 26.9 Å². The van der Waals surface area contributed by atoms with Gasteiger partial charge in [-0.05, 0) is 48.9 Å². The van der Waals surface area contributed by atoms with Gasteiger partial charge >= 0.3 is 0 Å². The van der Waals surface area contributed by atoms with Gasteiger partial charge in [0.2, 0.25) is 5.78 Å². The molecule has 33 heavy (non-hydrogen) atoms. The van der Waals surface area contributed by atoms with Crippen molar-refractivity contribution in [1.82, 2.24) is 4.90 Å². The van der Waals surface area contributed by atoms with Crippen LogP contribution in [0.5, 0.6) is 11.5 Å². The summed E-state index contributed by atoms with van der Waals surface area (Å²) >= 11 is 3.39. The lowest BCUT2D eigenvalue weighted by Crippen LogP contribution is -2.34. The molecule has 3 aromatic rings. The van der Waals surface area contributed by atoms with Gasteiger partial charge in [-0.3, -0.25) is 9.59 Å². The number of carbonyl (C=O) groups excluding carboxylic acids is 2. The van der Waals surface area contributed by atoms with Crippen molar-refractivity contribution < 1.29 is 33.7 Å². The summed E-state index contributed by atoms with van der Waals surface area (Å²) in [6, 6.07) is 10.5. The number of ketones is 1. The van der Waals surface area contributed by atoms with Crippen molar-refractivity contribution in [3.05, 3.63) is 69.6 Å². The molecule has 0 spiro atoms. The number of phenols is 1. The van der Waals surface area contributed by atoms with E-state index in [9.17, 15) is 19.8 Å². The lowest BCUT2D eigenvalue weighted by atomic mass is 9.94. The molecule has 1 aromatic heterocycles. The molecular formula is C24H22BrNO7. The van der Waals surface area contributed by atoms with Crippen LogP contribution in [-0.2, 0) is 9.53 Å². The summed E-state index contributed by atoms with van der Waals surface area (Å²) in [5, 5.41) is 21.5. The molecule has 0 fully saturated rings. The molecule has 2 aromatic carbocycles. The van der Waals surface area contributed by atoms with Crippen LogP contribution >= 0.6 is 15.9 Å². The lowest BCUT2D eigenvalue weighted by molar-refractivity contribution is -0.130. The maximum absolute atomic E-state index is 13.5. The number of benzene rings is 2. The highest BCUT2D eigenvalue weighted by Gasteiger charge is 2.44. The van der Waals surface area contributed by atoms with Gasteiger partial charge in [0.1, 0.15) is 5.58 Å². The summed E-state index contributed by atoms with van der Waals surface area (Å²) in [5.74, 6) is -1.80. The Kier molecular flexibility index (Phi) is 6.44. The normalized spacial score (nSPS) is 16.2. The van der Waals surface area contributed by atoms with Crippen LogP contribution in [0.4, 0.5) is 0 Å². The van der Waals surface area contributed by atoms with Crippen LogP contribution in [0, 0.1) is 0 Å². The minimum atomic E-state index is -0.917. The van der Waals surface area contributed by atoms with Crippen LogP contribution in [0.1, 0.15) is 29.1 Å². The summed E-state index contributed by atoms with van der Waals surface area (Å²) in [7, 11) is 1.50.